The Bertz CT molecular complexity index is 397. The Morgan fingerprint density at radius 3 is 1.27 bits per heavy atom. The second-order valence-electron chi connectivity index (χ2n) is 7.66. The quantitative estimate of drug-likeness (QED) is 0.184. The molecular weight excluding hydrogens is 384 g/mol. The van der Waals surface area contributed by atoms with Gasteiger partial charge >= 0.3 is 11.9 Å². The maximum atomic E-state index is 9.60. The van der Waals surface area contributed by atoms with E-state index >= 15 is 0 Å². The SMILES string of the molecule is C=C(C)C(=O)O.C=C(C)C(=O)O.CCCCCCCCCCCCCC(O)CCO. The van der Waals surface area contributed by atoms with Gasteiger partial charge in [0.05, 0.1) is 6.10 Å². The highest BCUT2D eigenvalue weighted by Crippen LogP contribution is 2.13. The number of carboxylic acid groups (broad SMARTS) is 2. The van der Waals surface area contributed by atoms with Crippen LogP contribution in [0.1, 0.15) is 104 Å². The lowest BCUT2D eigenvalue weighted by Crippen LogP contribution is -2.08. The zero-order valence-corrected chi connectivity index (χ0v) is 19.5. The number of carboxylic acids is 2. The smallest absolute Gasteiger partial charge is 0.330 e. The molecule has 0 saturated heterocycles. The van der Waals surface area contributed by atoms with Crippen LogP contribution >= 0.6 is 0 Å². The molecule has 0 bridgehead atoms. The fourth-order valence-electron chi connectivity index (χ4n) is 2.34. The number of aliphatic hydroxyl groups excluding tert-OH is 2. The molecule has 4 N–H and O–H groups in total. The molecule has 0 aromatic carbocycles. The molecule has 0 amide bonds. The first kappa shape index (κ1) is 33.0. The average Bonchev–Trinajstić information content (AvgIpc) is 2.67. The van der Waals surface area contributed by atoms with Crippen molar-refractivity contribution < 1.29 is 30.0 Å². The Kier molecular flexibility index (Phi) is 27.9. The average molecular weight is 431 g/mol. The monoisotopic (exact) mass is 430 g/mol. The van der Waals surface area contributed by atoms with Crippen LogP contribution in [-0.2, 0) is 9.59 Å². The van der Waals surface area contributed by atoms with E-state index in [4.69, 9.17) is 15.3 Å². The molecule has 0 saturated carbocycles. The van der Waals surface area contributed by atoms with E-state index in [1.54, 1.807) is 0 Å². The van der Waals surface area contributed by atoms with E-state index in [2.05, 4.69) is 20.1 Å². The van der Waals surface area contributed by atoms with Crippen LogP contribution in [0.25, 0.3) is 0 Å². The van der Waals surface area contributed by atoms with Crippen molar-refractivity contribution in [3.63, 3.8) is 0 Å². The third kappa shape index (κ3) is 33.9. The van der Waals surface area contributed by atoms with E-state index in [1.807, 2.05) is 0 Å². The lowest BCUT2D eigenvalue weighted by molar-refractivity contribution is -0.133. The van der Waals surface area contributed by atoms with Crippen molar-refractivity contribution in [1.29, 1.82) is 0 Å². The van der Waals surface area contributed by atoms with Gasteiger partial charge in [-0.15, -0.1) is 0 Å². The molecule has 0 aromatic rings. The van der Waals surface area contributed by atoms with Gasteiger partial charge in [-0.2, -0.15) is 0 Å². The number of unbranched alkanes of at least 4 members (excludes halogenated alkanes) is 10. The first-order valence-electron chi connectivity index (χ1n) is 11.2. The number of hydrogen-bond donors (Lipinski definition) is 4. The number of aliphatic carboxylic acids is 2. The summed E-state index contributed by atoms with van der Waals surface area (Å²) < 4.78 is 0. The van der Waals surface area contributed by atoms with Crippen molar-refractivity contribution in [1.82, 2.24) is 0 Å². The lowest BCUT2D eigenvalue weighted by Gasteiger charge is -2.08. The molecular formula is C24H46O6. The minimum atomic E-state index is -0.935. The van der Waals surface area contributed by atoms with Gasteiger partial charge in [-0.3, -0.25) is 0 Å². The molecule has 0 aliphatic carbocycles. The van der Waals surface area contributed by atoms with E-state index in [9.17, 15) is 14.7 Å². The Hall–Kier alpha value is -1.66. The summed E-state index contributed by atoms with van der Waals surface area (Å²) in [6, 6.07) is 0. The fourth-order valence-corrected chi connectivity index (χ4v) is 2.34. The van der Waals surface area contributed by atoms with Crippen molar-refractivity contribution >= 4 is 11.9 Å². The van der Waals surface area contributed by atoms with E-state index in [0.29, 0.717) is 6.42 Å². The molecule has 0 radical (unpaired) electrons. The highest BCUT2D eigenvalue weighted by atomic mass is 16.4. The molecule has 0 heterocycles. The van der Waals surface area contributed by atoms with Crippen molar-refractivity contribution in [2.75, 3.05) is 6.61 Å². The Labute approximate surface area is 183 Å². The molecule has 30 heavy (non-hydrogen) atoms. The second kappa shape index (κ2) is 25.4. The van der Waals surface area contributed by atoms with Crippen LogP contribution in [0.2, 0.25) is 0 Å². The van der Waals surface area contributed by atoms with Gasteiger partial charge in [0.15, 0.2) is 0 Å². The molecule has 0 aromatic heterocycles. The molecule has 178 valence electrons. The topological polar surface area (TPSA) is 115 Å². The third-order valence-electron chi connectivity index (χ3n) is 4.33. The molecule has 0 rings (SSSR count). The van der Waals surface area contributed by atoms with Gasteiger partial charge in [0.25, 0.3) is 0 Å². The van der Waals surface area contributed by atoms with E-state index in [1.165, 1.54) is 78.1 Å². The van der Waals surface area contributed by atoms with Crippen molar-refractivity contribution in [3.05, 3.63) is 24.3 Å². The van der Waals surface area contributed by atoms with Gasteiger partial charge in [-0.25, -0.2) is 9.59 Å². The molecule has 6 nitrogen and oxygen atoms in total. The van der Waals surface area contributed by atoms with E-state index in [0.717, 1.165) is 12.8 Å². The van der Waals surface area contributed by atoms with Crippen LogP contribution in [-0.4, -0.2) is 45.1 Å². The summed E-state index contributed by atoms with van der Waals surface area (Å²) in [6.07, 6.45) is 15.9. The van der Waals surface area contributed by atoms with Crippen molar-refractivity contribution in [2.24, 2.45) is 0 Å². The van der Waals surface area contributed by atoms with Crippen LogP contribution in [0.15, 0.2) is 24.3 Å². The van der Waals surface area contributed by atoms with Crippen molar-refractivity contribution in [2.45, 2.75) is 110 Å². The summed E-state index contributed by atoms with van der Waals surface area (Å²) in [5.41, 5.74) is 0.352. The van der Waals surface area contributed by atoms with Gasteiger partial charge in [-0.1, -0.05) is 90.7 Å². The maximum absolute atomic E-state index is 9.60. The van der Waals surface area contributed by atoms with Gasteiger partial charge in [0.2, 0.25) is 0 Å². The summed E-state index contributed by atoms with van der Waals surface area (Å²) in [5.74, 6) is -1.87. The zero-order chi connectivity index (χ0) is 23.8. The van der Waals surface area contributed by atoms with Gasteiger partial charge in [0.1, 0.15) is 0 Å². The molecule has 0 aliphatic heterocycles. The van der Waals surface area contributed by atoms with E-state index < -0.39 is 11.9 Å². The number of hydrogen-bond acceptors (Lipinski definition) is 4. The van der Waals surface area contributed by atoms with Crippen LogP contribution in [0.4, 0.5) is 0 Å². The summed E-state index contributed by atoms with van der Waals surface area (Å²) >= 11 is 0. The Balaban J connectivity index is -0.000000495. The predicted octanol–water partition coefficient (Wildman–Crippen LogP) is 5.73. The summed E-state index contributed by atoms with van der Waals surface area (Å²) in [4.78, 5) is 19.2. The number of carbonyl (C=O) groups is 2. The fraction of sp³-hybridized carbons (Fsp3) is 0.750. The Morgan fingerprint density at radius 1 is 0.700 bits per heavy atom. The van der Waals surface area contributed by atoms with Crippen LogP contribution in [0.3, 0.4) is 0 Å². The highest BCUT2D eigenvalue weighted by molar-refractivity contribution is 5.85. The zero-order valence-electron chi connectivity index (χ0n) is 19.5. The van der Waals surface area contributed by atoms with Gasteiger partial charge < -0.3 is 20.4 Å². The molecule has 0 fully saturated rings. The highest BCUT2D eigenvalue weighted by Gasteiger charge is 2.02. The third-order valence-corrected chi connectivity index (χ3v) is 4.33. The maximum Gasteiger partial charge on any atom is 0.330 e. The van der Waals surface area contributed by atoms with Crippen molar-refractivity contribution in [3.8, 4) is 0 Å². The minimum Gasteiger partial charge on any atom is -0.478 e. The van der Waals surface area contributed by atoms with Crippen LogP contribution in [0.5, 0.6) is 0 Å². The standard InChI is InChI=1S/C16H34O2.2C4H6O2/c1-2-3-4-5-6-7-8-9-10-11-12-13-16(18)14-15-17;2*1-3(2)4(5)6/h16-18H,2-15H2,1H3;2*1H2,2H3,(H,5,6). The lowest BCUT2D eigenvalue weighted by atomic mass is 10.0. The van der Waals surface area contributed by atoms with Crippen LogP contribution < -0.4 is 0 Å². The number of aliphatic hydroxyl groups is 2. The first-order chi connectivity index (χ1) is 14.1. The largest absolute Gasteiger partial charge is 0.478 e. The molecule has 1 atom stereocenters. The number of rotatable bonds is 16. The first-order valence-corrected chi connectivity index (χ1v) is 11.2. The summed E-state index contributed by atoms with van der Waals surface area (Å²) in [5, 5.41) is 33.9. The Morgan fingerprint density at radius 2 is 1.00 bits per heavy atom. The van der Waals surface area contributed by atoms with Crippen LogP contribution in [0, 0.1) is 0 Å². The summed E-state index contributed by atoms with van der Waals surface area (Å²) in [7, 11) is 0. The summed E-state index contributed by atoms with van der Waals surface area (Å²) in [6.45, 7) is 11.6. The van der Waals surface area contributed by atoms with Gasteiger partial charge in [0, 0.05) is 17.8 Å². The molecule has 6 heteroatoms. The van der Waals surface area contributed by atoms with E-state index in [-0.39, 0.29) is 23.9 Å². The molecule has 0 spiro atoms. The molecule has 1 unspecified atom stereocenters. The predicted molar refractivity (Wildman–Crippen MR) is 124 cm³/mol. The van der Waals surface area contributed by atoms with Gasteiger partial charge in [-0.05, 0) is 26.7 Å². The minimum absolute atomic E-state index is 0.110. The normalized spacial score (nSPS) is 10.7. The molecule has 0 aliphatic rings. The second-order valence-corrected chi connectivity index (χ2v) is 7.66.